The smallest absolute Gasteiger partial charge is 0.188 e. The lowest BCUT2D eigenvalue weighted by atomic mass is 10.3. The maximum absolute atomic E-state index is 5.76. The van der Waals surface area contributed by atoms with Gasteiger partial charge in [-0.1, -0.05) is 11.6 Å². The highest BCUT2D eigenvalue weighted by Gasteiger charge is 1.94. The van der Waals surface area contributed by atoms with E-state index in [0.29, 0.717) is 37.3 Å². The molecule has 0 aliphatic rings. The molecule has 0 bridgehead atoms. The molecule has 0 unspecified atom stereocenters. The second kappa shape index (κ2) is 8.60. The molecule has 100 valence electrons. The van der Waals surface area contributed by atoms with E-state index < -0.39 is 0 Å². The van der Waals surface area contributed by atoms with E-state index in [2.05, 4.69) is 10.3 Å². The van der Waals surface area contributed by atoms with Crippen molar-refractivity contribution in [3.63, 3.8) is 0 Å². The van der Waals surface area contributed by atoms with Crippen LogP contribution in [-0.2, 0) is 4.74 Å². The summed E-state index contributed by atoms with van der Waals surface area (Å²) in [4.78, 5) is 4.06. The molecule has 6 heteroatoms. The summed E-state index contributed by atoms with van der Waals surface area (Å²) < 4.78 is 10.3. The fourth-order valence-electron chi connectivity index (χ4n) is 1.19. The lowest BCUT2D eigenvalue weighted by Gasteiger charge is -2.08. The van der Waals surface area contributed by atoms with E-state index in [0.717, 1.165) is 5.75 Å². The van der Waals surface area contributed by atoms with Crippen LogP contribution in [0.1, 0.15) is 0 Å². The highest BCUT2D eigenvalue weighted by molar-refractivity contribution is 6.30. The number of aliphatic imine (C=N–C) groups is 1. The van der Waals surface area contributed by atoms with E-state index in [1.54, 1.807) is 19.2 Å². The Bertz CT molecular complexity index is 368. The summed E-state index contributed by atoms with van der Waals surface area (Å²) in [6.45, 7) is 2.20. The van der Waals surface area contributed by atoms with E-state index in [-0.39, 0.29) is 0 Å². The number of halogens is 1. The van der Waals surface area contributed by atoms with Gasteiger partial charge < -0.3 is 20.5 Å². The minimum atomic E-state index is 0.395. The van der Waals surface area contributed by atoms with Gasteiger partial charge >= 0.3 is 0 Å². The summed E-state index contributed by atoms with van der Waals surface area (Å²) in [5.41, 5.74) is 5.62. The first-order valence-electron chi connectivity index (χ1n) is 5.63. The normalized spacial score (nSPS) is 11.3. The first-order chi connectivity index (χ1) is 8.72. The Morgan fingerprint density at radius 3 is 2.72 bits per heavy atom. The largest absolute Gasteiger partial charge is 0.492 e. The standard InChI is InChI=1S/C12H18ClN3O2/c1-17-8-6-15-12(14)16-7-9-18-11-4-2-10(13)3-5-11/h2-5H,6-9H2,1H3,(H3,14,15,16). The lowest BCUT2D eigenvalue weighted by Crippen LogP contribution is -2.35. The van der Waals surface area contributed by atoms with Crippen LogP contribution in [0.15, 0.2) is 29.3 Å². The van der Waals surface area contributed by atoms with Gasteiger partial charge in [0.15, 0.2) is 5.96 Å². The number of nitrogens with zero attached hydrogens (tertiary/aromatic N) is 1. The van der Waals surface area contributed by atoms with Gasteiger partial charge in [-0.2, -0.15) is 0 Å². The zero-order valence-corrected chi connectivity index (χ0v) is 11.1. The Balaban J connectivity index is 2.14. The molecule has 0 heterocycles. The molecule has 0 aromatic heterocycles. The number of nitrogens with two attached hydrogens (primary N) is 1. The van der Waals surface area contributed by atoms with Crippen molar-refractivity contribution < 1.29 is 9.47 Å². The van der Waals surface area contributed by atoms with Crippen molar-refractivity contribution in [2.24, 2.45) is 10.7 Å². The number of rotatable bonds is 7. The number of methoxy groups -OCH3 is 1. The summed E-state index contributed by atoms with van der Waals surface area (Å²) in [5, 5.41) is 3.63. The van der Waals surface area contributed by atoms with Crippen LogP contribution >= 0.6 is 11.6 Å². The molecule has 0 aliphatic carbocycles. The molecule has 0 fully saturated rings. The minimum absolute atomic E-state index is 0.395. The van der Waals surface area contributed by atoms with Gasteiger partial charge in [0.2, 0.25) is 0 Å². The van der Waals surface area contributed by atoms with E-state index in [9.17, 15) is 0 Å². The Hall–Kier alpha value is -1.46. The molecule has 0 aliphatic heterocycles. The third-order valence-electron chi connectivity index (χ3n) is 2.07. The van der Waals surface area contributed by atoms with E-state index >= 15 is 0 Å². The maximum Gasteiger partial charge on any atom is 0.188 e. The van der Waals surface area contributed by atoms with Crippen LogP contribution in [0.2, 0.25) is 5.02 Å². The zero-order chi connectivity index (χ0) is 13.2. The molecule has 0 spiro atoms. The third kappa shape index (κ3) is 6.32. The monoisotopic (exact) mass is 271 g/mol. The van der Waals surface area contributed by atoms with Gasteiger partial charge in [-0.05, 0) is 24.3 Å². The minimum Gasteiger partial charge on any atom is -0.492 e. The predicted octanol–water partition coefficient (Wildman–Crippen LogP) is 1.27. The van der Waals surface area contributed by atoms with Crippen molar-refractivity contribution >= 4 is 17.6 Å². The molecule has 0 amide bonds. The first-order valence-corrected chi connectivity index (χ1v) is 6.01. The summed E-state index contributed by atoms with van der Waals surface area (Å²) in [6.07, 6.45) is 0. The van der Waals surface area contributed by atoms with Gasteiger partial charge in [-0.3, -0.25) is 4.99 Å². The first kappa shape index (κ1) is 14.6. The van der Waals surface area contributed by atoms with Gasteiger partial charge in [0.1, 0.15) is 12.4 Å². The van der Waals surface area contributed by atoms with Crippen LogP contribution in [0, 0.1) is 0 Å². The summed E-state index contributed by atoms with van der Waals surface area (Å²) in [6, 6.07) is 7.20. The van der Waals surface area contributed by atoms with Crippen LogP contribution in [0.25, 0.3) is 0 Å². The Labute approximate surface area is 112 Å². The van der Waals surface area contributed by atoms with Gasteiger partial charge in [-0.15, -0.1) is 0 Å². The number of benzene rings is 1. The molecular formula is C12H18ClN3O2. The number of guanidine groups is 1. The second-order valence-electron chi connectivity index (χ2n) is 3.49. The van der Waals surface area contributed by atoms with E-state index in [1.165, 1.54) is 0 Å². The zero-order valence-electron chi connectivity index (χ0n) is 10.4. The predicted molar refractivity (Wildman–Crippen MR) is 73.3 cm³/mol. The van der Waals surface area contributed by atoms with Crippen LogP contribution in [0.3, 0.4) is 0 Å². The topological polar surface area (TPSA) is 68.9 Å². The van der Waals surface area contributed by atoms with Crippen molar-refractivity contribution in [1.29, 1.82) is 0 Å². The van der Waals surface area contributed by atoms with Gasteiger partial charge in [0, 0.05) is 12.1 Å². The molecule has 3 N–H and O–H groups in total. The molecule has 18 heavy (non-hydrogen) atoms. The highest BCUT2D eigenvalue weighted by Crippen LogP contribution is 2.14. The van der Waals surface area contributed by atoms with Crippen molar-refractivity contribution in [2.75, 3.05) is 33.4 Å². The summed E-state index contributed by atoms with van der Waals surface area (Å²) in [5.74, 6) is 1.17. The summed E-state index contributed by atoms with van der Waals surface area (Å²) >= 11 is 5.76. The molecule has 1 aromatic carbocycles. The highest BCUT2D eigenvalue weighted by atomic mass is 35.5. The van der Waals surface area contributed by atoms with Crippen molar-refractivity contribution in [2.45, 2.75) is 0 Å². The van der Waals surface area contributed by atoms with Crippen LogP contribution in [-0.4, -0.2) is 39.4 Å². The van der Waals surface area contributed by atoms with Crippen LogP contribution < -0.4 is 15.8 Å². The quantitative estimate of drug-likeness (QED) is 0.445. The van der Waals surface area contributed by atoms with Crippen molar-refractivity contribution in [1.82, 2.24) is 5.32 Å². The van der Waals surface area contributed by atoms with Gasteiger partial charge in [0.05, 0.1) is 19.7 Å². The second-order valence-corrected chi connectivity index (χ2v) is 3.93. The van der Waals surface area contributed by atoms with E-state index in [4.69, 9.17) is 26.8 Å². The lowest BCUT2D eigenvalue weighted by molar-refractivity contribution is 0.208. The molecular weight excluding hydrogens is 254 g/mol. The van der Waals surface area contributed by atoms with E-state index in [1.807, 2.05) is 12.1 Å². The Morgan fingerprint density at radius 1 is 1.33 bits per heavy atom. The molecule has 5 nitrogen and oxygen atoms in total. The van der Waals surface area contributed by atoms with Crippen LogP contribution in [0.5, 0.6) is 5.75 Å². The molecule has 1 rings (SSSR count). The molecule has 0 saturated carbocycles. The average Bonchev–Trinajstić information content (AvgIpc) is 2.37. The molecule has 0 saturated heterocycles. The molecule has 1 aromatic rings. The average molecular weight is 272 g/mol. The van der Waals surface area contributed by atoms with Crippen molar-refractivity contribution in [3.05, 3.63) is 29.3 Å². The Morgan fingerprint density at radius 2 is 2.06 bits per heavy atom. The number of nitrogens with one attached hydrogen (secondary N) is 1. The van der Waals surface area contributed by atoms with Crippen molar-refractivity contribution in [3.8, 4) is 5.75 Å². The fraction of sp³-hybridized carbons (Fsp3) is 0.417. The number of ether oxygens (including phenoxy) is 2. The summed E-state index contributed by atoms with van der Waals surface area (Å²) in [7, 11) is 1.62. The Kier molecular flexibility index (Phi) is 6.98. The van der Waals surface area contributed by atoms with Gasteiger partial charge in [0.25, 0.3) is 0 Å². The number of hydrogen-bond donors (Lipinski definition) is 2. The van der Waals surface area contributed by atoms with Gasteiger partial charge in [-0.25, -0.2) is 0 Å². The fourth-order valence-corrected chi connectivity index (χ4v) is 1.32. The number of hydrogen-bond acceptors (Lipinski definition) is 3. The molecule has 0 radical (unpaired) electrons. The maximum atomic E-state index is 5.76. The SMILES string of the molecule is COCCN=C(N)NCCOc1ccc(Cl)cc1. The van der Waals surface area contributed by atoms with Crippen LogP contribution in [0.4, 0.5) is 0 Å². The third-order valence-corrected chi connectivity index (χ3v) is 2.32. The molecule has 0 atom stereocenters.